The summed E-state index contributed by atoms with van der Waals surface area (Å²) in [5, 5.41) is 3.30. The van der Waals surface area contributed by atoms with E-state index in [0.717, 1.165) is 11.3 Å². The van der Waals surface area contributed by atoms with Gasteiger partial charge in [0.05, 0.1) is 5.54 Å². The maximum absolute atomic E-state index is 11.0. The van der Waals surface area contributed by atoms with Crippen LogP contribution < -0.4 is 5.32 Å². The second kappa shape index (κ2) is 5.35. The Balaban J connectivity index is 0.00000162. The summed E-state index contributed by atoms with van der Waals surface area (Å²) in [6.07, 6.45) is 1.84. The minimum Gasteiger partial charge on any atom is -0.376 e. The molecular weight excluding hydrogens is 261 g/mol. The molecule has 1 heterocycles. The van der Waals surface area contributed by atoms with Crippen molar-refractivity contribution in [3.05, 3.63) is 35.9 Å². The van der Waals surface area contributed by atoms with E-state index >= 15 is 0 Å². The topological polar surface area (TPSA) is 66.4 Å². The van der Waals surface area contributed by atoms with Crippen LogP contribution in [0.3, 0.4) is 0 Å². The molecule has 2 N–H and O–H groups in total. The summed E-state index contributed by atoms with van der Waals surface area (Å²) in [4.78, 5) is 0. The third-order valence-corrected chi connectivity index (χ3v) is 3.28. The van der Waals surface area contributed by atoms with Crippen molar-refractivity contribution in [2.45, 2.75) is 19.4 Å². The molecule has 0 atom stereocenters. The van der Waals surface area contributed by atoms with Crippen molar-refractivity contribution in [1.29, 1.82) is 0 Å². The SMILES string of the molecule is CC1(C)C=C(CS(=O)(=O)O)c2ccccc2N1.[Na]. The number of para-hydroxylation sites is 1. The van der Waals surface area contributed by atoms with Gasteiger partial charge in [0.1, 0.15) is 5.75 Å². The molecule has 1 aromatic carbocycles. The zero-order valence-electron chi connectivity index (χ0n) is 10.8. The average Bonchev–Trinajstić information content (AvgIpc) is 2.13. The summed E-state index contributed by atoms with van der Waals surface area (Å²) in [5.41, 5.74) is 2.02. The first-order valence-electron chi connectivity index (χ1n) is 5.31. The first-order chi connectivity index (χ1) is 7.77. The summed E-state index contributed by atoms with van der Waals surface area (Å²) >= 11 is 0. The molecule has 2 rings (SSSR count). The van der Waals surface area contributed by atoms with Crippen molar-refractivity contribution in [3.63, 3.8) is 0 Å². The van der Waals surface area contributed by atoms with Crippen molar-refractivity contribution in [1.82, 2.24) is 0 Å². The first-order valence-corrected chi connectivity index (χ1v) is 6.92. The zero-order chi connectivity index (χ0) is 12.7. The Morgan fingerprint density at radius 1 is 1.28 bits per heavy atom. The van der Waals surface area contributed by atoms with E-state index < -0.39 is 10.1 Å². The molecule has 1 aliphatic rings. The molecule has 0 spiro atoms. The van der Waals surface area contributed by atoms with E-state index in [0.29, 0.717) is 5.57 Å². The third-order valence-electron chi connectivity index (χ3n) is 2.60. The number of hydrogen-bond donors (Lipinski definition) is 2. The van der Waals surface area contributed by atoms with Crippen molar-refractivity contribution in [2.24, 2.45) is 0 Å². The summed E-state index contributed by atoms with van der Waals surface area (Å²) in [5.74, 6) is -0.352. The summed E-state index contributed by atoms with van der Waals surface area (Å²) in [6.45, 7) is 3.90. The van der Waals surface area contributed by atoms with Crippen molar-refractivity contribution >= 4 is 50.9 Å². The van der Waals surface area contributed by atoms with Crippen LogP contribution in [0.25, 0.3) is 5.57 Å². The van der Waals surface area contributed by atoms with Crippen LogP contribution in [0.2, 0.25) is 0 Å². The van der Waals surface area contributed by atoms with Gasteiger partial charge in [0, 0.05) is 40.8 Å². The molecule has 1 radical (unpaired) electrons. The molecule has 18 heavy (non-hydrogen) atoms. The quantitative estimate of drug-likeness (QED) is 0.638. The van der Waals surface area contributed by atoms with Gasteiger partial charge < -0.3 is 5.32 Å². The fourth-order valence-corrected chi connectivity index (χ4v) is 2.72. The normalized spacial score (nSPS) is 16.9. The van der Waals surface area contributed by atoms with E-state index in [-0.39, 0.29) is 40.8 Å². The van der Waals surface area contributed by atoms with Gasteiger partial charge in [-0.3, -0.25) is 4.55 Å². The molecule has 4 nitrogen and oxygen atoms in total. The molecule has 0 bridgehead atoms. The van der Waals surface area contributed by atoms with Crippen LogP contribution in [0.15, 0.2) is 30.3 Å². The van der Waals surface area contributed by atoms with E-state index in [4.69, 9.17) is 4.55 Å². The van der Waals surface area contributed by atoms with Gasteiger partial charge in [-0.2, -0.15) is 8.42 Å². The number of nitrogens with one attached hydrogen (secondary N) is 1. The van der Waals surface area contributed by atoms with Gasteiger partial charge in [-0.25, -0.2) is 0 Å². The van der Waals surface area contributed by atoms with Gasteiger partial charge in [-0.15, -0.1) is 0 Å². The molecule has 0 aliphatic carbocycles. The minimum absolute atomic E-state index is 0. The number of anilines is 1. The minimum atomic E-state index is -4.01. The molecule has 0 fully saturated rings. The van der Waals surface area contributed by atoms with Gasteiger partial charge in [0.15, 0.2) is 0 Å². The molecule has 6 heteroatoms. The molecule has 0 amide bonds. The Labute approximate surface area is 130 Å². The maximum Gasteiger partial charge on any atom is 0.269 e. The number of fused-ring (bicyclic) bond motifs is 1. The van der Waals surface area contributed by atoms with E-state index in [1.165, 1.54) is 0 Å². The Hall–Kier alpha value is -0.330. The molecule has 0 unspecified atom stereocenters. The van der Waals surface area contributed by atoms with Crippen molar-refractivity contribution in [3.8, 4) is 0 Å². The molecule has 1 aliphatic heterocycles. The molecule has 0 saturated carbocycles. The predicted molar refractivity (Wildman–Crippen MR) is 74.3 cm³/mol. The monoisotopic (exact) mass is 276 g/mol. The van der Waals surface area contributed by atoms with Gasteiger partial charge in [-0.1, -0.05) is 24.3 Å². The maximum atomic E-state index is 11.0. The van der Waals surface area contributed by atoms with Crippen LogP contribution in [0.4, 0.5) is 5.69 Å². The summed E-state index contributed by atoms with van der Waals surface area (Å²) in [6, 6.07) is 7.47. The van der Waals surface area contributed by atoms with Gasteiger partial charge >= 0.3 is 0 Å². The zero-order valence-corrected chi connectivity index (χ0v) is 13.6. The van der Waals surface area contributed by atoms with E-state index in [1.807, 2.05) is 44.2 Å². The fraction of sp³-hybridized carbons (Fsp3) is 0.333. The first kappa shape index (κ1) is 15.7. The van der Waals surface area contributed by atoms with Gasteiger partial charge in [0.25, 0.3) is 10.1 Å². The molecule has 0 saturated heterocycles. The number of benzene rings is 1. The van der Waals surface area contributed by atoms with E-state index in [1.54, 1.807) is 0 Å². The molecule has 93 valence electrons. The van der Waals surface area contributed by atoms with Crippen molar-refractivity contribution < 1.29 is 13.0 Å². The second-order valence-electron chi connectivity index (χ2n) is 4.79. The van der Waals surface area contributed by atoms with Crippen molar-refractivity contribution in [2.75, 3.05) is 11.1 Å². The standard InChI is InChI=1S/C12H15NO3S.Na/c1-12(2)7-9(8-17(14,15)16)10-5-3-4-6-11(10)13-12;/h3-7,13H,8H2,1-2H3,(H,14,15,16);. The molecule has 1 aromatic rings. The number of rotatable bonds is 2. The Kier molecular flexibility index (Phi) is 4.67. The van der Waals surface area contributed by atoms with Crippen LogP contribution in [0.5, 0.6) is 0 Å². The summed E-state index contributed by atoms with van der Waals surface area (Å²) < 4.78 is 31.0. The van der Waals surface area contributed by atoms with Crippen LogP contribution in [-0.4, -0.2) is 53.8 Å². The van der Waals surface area contributed by atoms with Gasteiger partial charge in [-0.05, 0) is 25.5 Å². The van der Waals surface area contributed by atoms with E-state index in [2.05, 4.69) is 5.32 Å². The fourth-order valence-electron chi connectivity index (χ4n) is 2.08. The van der Waals surface area contributed by atoms with Gasteiger partial charge in [0.2, 0.25) is 0 Å². The Morgan fingerprint density at radius 3 is 2.50 bits per heavy atom. The molecule has 0 aromatic heterocycles. The largest absolute Gasteiger partial charge is 0.376 e. The Morgan fingerprint density at radius 2 is 1.89 bits per heavy atom. The number of hydrogen-bond acceptors (Lipinski definition) is 3. The molecular formula is C12H15NNaO3S. The van der Waals surface area contributed by atoms with Crippen LogP contribution in [0.1, 0.15) is 19.4 Å². The third kappa shape index (κ3) is 3.83. The predicted octanol–water partition coefficient (Wildman–Crippen LogP) is 1.78. The average molecular weight is 276 g/mol. The van der Waals surface area contributed by atoms with Crippen LogP contribution in [-0.2, 0) is 10.1 Å². The smallest absolute Gasteiger partial charge is 0.269 e. The second-order valence-corrected chi connectivity index (χ2v) is 6.24. The van der Waals surface area contributed by atoms with Crippen LogP contribution >= 0.6 is 0 Å². The summed E-state index contributed by atoms with van der Waals surface area (Å²) in [7, 11) is -4.01. The van der Waals surface area contributed by atoms with E-state index in [9.17, 15) is 8.42 Å². The Bertz CT molecular complexity index is 579. The van der Waals surface area contributed by atoms with Crippen LogP contribution in [0, 0.1) is 0 Å².